The Balaban J connectivity index is 2.82. The number of nitrogens with two attached hydrogens (primary N) is 1. The molecule has 0 spiro atoms. The average Bonchev–Trinajstić information content (AvgIpc) is 2.65. The Morgan fingerprint density at radius 3 is 2.40 bits per heavy atom. The molecule has 3 N–H and O–H groups in total. The lowest BCUT2D eigenvalue weighted by atomic mass is 10.1. The second kappa shape index (κ2) is 4.96. The first-order valence-corrected chi connectivity index (χ1v) is 6.36. The highest BCUT2D eigenvalue weighted by Gasteiger charge is 2.18. The lowest BCUT2D eigenvalue weighted by Gasteiger charge is -2.13. The fraction of sp³-hybridized carbons (Fsp3) is 0.357. The van der Waals surface area contributed by atoms with Gasteiger partial charge in [0.25, 0.3) is 0 Å². The summed E-state index contributed by atoms with van der Waals surface area (Å²) in [6, 6.07) is 1.90. The first kappa shape index (κ1) is 14.0. The van der Waals surface area contributed by atoms with E-state index in [-0.39, 0.29) is 5.84 Å². The molecule has 0 atom stereocenters. The van der Waals surface area contributed by atoms with Crippen molar-refractivity contribution in [3.63, 3.8) is 0 Å². The van der Waals surface area contributed by atoms with Crippen LogP contribution in [0.25, 0.3) is 5.82 Å². The second-order valence-corrected chi connectivity index (χ2v) is 4.97. The maximum absolute atomic E-state index is 8.99. The number of hydrogen-bond donors (Lipinski definition) is 2. The first-order chi connectivity index (χ1) is 9.36. The zero-order chi connectivity index (χ0) is 15.0. The molecule has 0 saturated heterocycles. The maximum Gasteiger partial charge on any atom is 0.174 e. The van der Waals surface area contributed by atoms with Gasteiger partial charge in [0.15, 0.2) is 11.7 Å². The molecule has 0 radical (unpaired) electrons. The fourth-order valence-corrected chi connectivity index (χ4v) is 2.26. The van der Waals surface area contributed by atoms with E-state index in [1.807, 2.05) is 40.7 Å². The molecule has 0 amide bonds. The summed E-state index contributed by atoms with van der Waals surface area (Å²) in [5.41, 5.74) is 11.2. The highest BCUT2D eigenvalue weighted by molar-refractivity contribution is 6.01. The number of pyridine rings is 1. The van der Waals surface area contributed by atoms with Gasteiger partial charge in [-0.15, -0.1) is 0 Å². The van der Waals surface area contributed by atoms with Gasteiger partial charge in [-0.25, -0.2) is 9.67 Å². The van der Waals surface area contributed by atoms with E-state index >= 15 is 0 Å². The lowest BCUT2D eigenvalue weighted by molar-refractivity contribution is 0.318. The monoisotopic (exact) mass is 273 g/mol. The van der Waals surface area contributed by atoms with Crippen LogP contribution in [0, 0.1) is 34.6 Å². The molecule has 0 aliphatic rings. The SMILES string of the molecule is Cc1cc(C)c(/C(N)=N/O)c(-n2nc(C)c(C)c2C)n1. The van der Waals surface area contributed by atoms with Crippen molar-refractivity contribution in [3.8, 4) is 5.82 Å². The van der Waals surface area contributed by atoms with Gasteiger partial charge >= 0.3 is 0 Å². The molecule has 0 bridgehead atoms. The largest absolute Gasteiger partial charge is 0.409 e. The summed E-state index contributed by atoms with van der Waals surface area (Å²) in [5.74, 6) is 0.627. The van der Waals surface area contributed by atoms with E-state index < -0.39 is 0 Å². The quantitative estimate of drug-likeness (QED) is 0.378. The van der Waals surface area contributed by atoms with Gasteiger partial charge in [-0.2, -0.15) is 5.10 Å². The third kappa shape index (κ3) is 2.13. The number of aromatic nitrogens is 3. The number of hydrogen-bond acceptors (Lipinski definition) is 4. The summed E-state index contributed by atoms with van der Waals surface area (Å²) >= 11 is 0. The van der Waals surface area contributed by atoms with E-state index in [1.165, 1.54) is 0 Å². The molecule has 6 nitrogen and oxygen atoms in total. The third-order valence-corrected chi connectivity index (χ3v) is 3.54. The van der Waals surface area contributed by atoms with E-state index in [2.05, 4.69) is 15.2 Å². The van der Waals surface area contributed by atoms with Gasteiger partial charge in [0.1, 0.15) is 0 Å². The van der Waals surface area contributed by atoms with Gasteiger partial charge in [0.05, 0.1) is 11.3 Å². The molecule has 0 saturated carbocycles. The van der Waals surface area contributed by atoms with Crippen LogP contribution >= 0.6 is 0 Å². The molecule has 2 rings (SSSR count). The van der Waals surface area contributed by atoms with E-state index in [0.29, 0.717) is 11.4 Å². The zero-order valence-corrected chi connectivity index (χ0v) is 12.4. The molecule has 0 aliphatic heterocycles. The minimum Gasteiger partial charge on any atom is -0.409 e. The topological polar surface area (TPSA) is 89.3 Å². The van der Waals surface area contributed by atoms with Gasteiger partial charge in [0.2, 0.25) is 0 Å². The Hall–Kier alpha value is -2.37. The molecule has 0 aliphatic carbocycles. The molecule has 20 heavy (non-hydrogen) atoms. The fourth-order valence-electron chi connectivity index (χ4n) is 2.26. The number of aryl methyl sites for hydroxylation is 3. The molecule has 6 heteroatoms. The predicted molar refractivity (Wildman–Crippen MR) is 77.6 cm³/mol. The Bertz CT molecular complexity index is 700. The van der Waals surface area contributed by atoms with Crippen molar-refractivity contribution in [2.24, 2.45) is 10.9 Å². The number of nitrogens with zero attached hydrogens (tertiary/aromatic N) is 4. The van der Waals surface area contributed by atoms with Crippen molar-refractivity contribution in [2.75, 3.05) is 0 Å². The lowest BCUT2D eigenvalue weighted by Crippen LogP contribution is -2.20. The van der Waals surface area contributed by atoms with Gasteiger partial charge in [-0.1, -0.05) is 5.16 Å². The smallest absolute Gasteiger partial charge is 0.174 e. The summed E-state index contributed by atoms with van der Waals surface area (Å²) in [7, 11) is 0. The van der Waals surface area contributed by atoms with Gasteiger partial charge < -0.3 is 10.9 Å². The first-order valence-electron chi connectivity index (χ1n) is 6.36. The second-order valence-electron chi connectivity index (χ2n) is 4.97. The van der Waals surface area contributed by atoms with Crippen molar-refractivity contribution in [2.45, 2.75) is 34.6 Å². The van der Waals surface area contributed by atoms with Crippen LogP contribution in [0.3, 0.4) is 0 Å². The maximum atomic E-state index is 8.99. The van der Waals surface area contributed by atoms with Crippen molar-refractivity contribution in [3.05, 3.63) is 39.8 Å². The van der Waals surface area contributed by atoms with Crippen molar-refractivity contribution >= 4 is 5.84 Å². The summed E-state index contributed by atoms with van der Waals surface area (Å²) in [6.07, 6.45) is 0. The third-order valence-electron chi connectivity index (χ3n) is 3.54. The van der Waals surface area contributed by atoms with E-state index in [0.717, 1.165) is 28.2 Å². The molecule has 106 valence electrons. The Kier molecular flexibility index (Phi) is 3.48. The molecule has 2 heterocycles. The van der Waals surface area contributed by atoms with Gasteiger partial charge in [-0.3, -0.25) is 0 Å². The van der Waals surface area contributed by atoms with Crippen LogP contribution < -0.4 is 5.73 Å². The van der Waals surface area contributed by atoms with Crippen LogP contribution in [0.2, 0.25) is 0 Å². The minimum absolute atomic E-state index is 0.0372. The normalized spacial score (nSPS) is 11.9. The summed E-state index contributed by atoms with van der Waals surface area (Å²) in [5, 5.41) is 16.6. The van der Waals surface area contributed by atoms with Crippen LogP contribution in [0.4, 0.5) is 0 Å². The van der Waals surface area contributed by atoms with Crippen LogP contribution in [-0.4, -0.2) is 25.8 Å². The Labute approximate surface area is 117 Å². The van der Waals surface area contributed by atoms with Crippen molar-refractivity contribution < 1.29 is 5.21 Å². The highest BCUT2D eigenvalue weighted by atomic mass is 16.4. The van der Waals surface area contributed by atoms with E-state index in [9.17, 15) is 0 Å². The molecular formula is C14H19N5O. The molecule has 2 aromatic heterocycles. The standard InChI is InChI=1S/C14H19N5O/c1-7-6-8(2)16-14(12(7)13(15)18-20)19-11(5)9(3)10(4)17-19/h6,20H,1-5H3,(H2,15,18). The summed E-state index contributed by atoms with van der Waals surface area (Å²) in [4.78, 5) is 4.52. The van der Waals surface area contributed by atoms with E-state index in [1.54, 1.807) is 4.68 Å². The molecular weight excluding hydrogens is 254 g/mol. The van der Waals surface area contributed by atoms with E-state index in [4.69, 9.17) is 10.9 Å². The van der Waals surface area contributed by atoms with Crippen LogP contribution in [0.5, 0.6) is 0 Å². The molecule has 0 aromatic carbocycles. The molecule has 0 unspecified atom stereocenters. The zero-order valence-electron chi connectivity index (χ0n) is 12.4. The number of amidine groups is 1. The average molecular weight is 273 g/mol. The highest BCUT2D eigenvalue weighted by Crippen LogP contribution is 2.21. The summed E-state index contributed by atoms with van der Waals surface area (Å²) < 4.78 is 1.75. The Morgan fingerprint density at radius 1 is 1.25 bits per heavy atom. The number of oxime groups is 1. The van der Waals surface area contributed by atoms with Crippen molar-refractivity contribution in [1.29, 1.82) is 0 Å². The van der Waals surface area contributed by atoms with Crippen LogP contribution in [0.1, 0.15) is 33.8 Å². The minimum atomic E-state index is 0.0372. The Morgan fingerprint density at radius 2 is 1.90 bits per heavy atom. The van der Waals surface area contributed by atoms with Crippen LogP contribution in [-0.2, 0) is 0 Å². The van der Waals surface area contributed by atoms with Gasteiger partial charge in [-0.05, 0) is 51.8 Å². The predicted octanol–water partition coefficient (Wildman–Crippen LogP) is 1.90. The van der Waals surface area contributed by atoms with Crippen LogP contribution in [0.15, 0.2) is 11.2 Å². The molecule has 2 aromatic rings. The number of rotatable bonds is 2. The summed E-state index contributed by atoms with van der Waals surface area (Å²) in [6.45, 7) is 9.75. The van der Waals surface area contributed by atoms with Gasteiger partial charge in [0, 0.05) is 11.4 Å². The van der Waals surface area contributed by atoms with Crippen molar-refractivity contribution in [1.82, 2.24) is 14.8 Å². The molecule has 0 fully saturated rings.